The van der Waals surface area contributed by atoms with Crippen molar-refractivity contribution in [3.63, 3.8) is 0 Å². The van der Waals surface area contributed by atoms with Crippen molar-refractivity contribution in [2.75, 3.05) is 26.6 Å². The smallest absolute Gasteiger partial charge is 0.231 e. The van der Waals surface area contributed by atoms with Gasteiger partial charge in [-0.25, -0.2) is 0 Å². The first-order valence-corrected chi connectivity index (χ1v) is 8.73. The average Bonchev–Trinajstić information content (AvgIpc) is 3.08. The average molecular weight is 333 g/mol. The molecule has 132 valence electrons. The van der Waals surface area contributed by atoms with E-state index in [9.17, 15) is 4.79 Å². The van der Waals surface area contributed by atoms with Crippen molar-refractivity contribution in [3.8, 4) is 11.5 Å². The van der Waals surface area contributed by atoms with Crippen LogP contribution in [0.25, 0.3) is 0 Å². The number of hydrogen-bond acceptors (Lipinski definition) is 4. The first-order valence-electron chi connectivity index (χ1n) is 8.73. The highest BCUT2D eigenvalue weighted by Crippen LogP contribution is 2.40. The van der Waals surface area contributed by atoms with Gasteiger partial charge < -0.3 is 19.5 Å². The van der Waals surface area contributed by atoms with Gasteiger partial charge in [-0.3, -0.25) is 4.79 Å². The molecule has 0 aliphatic carbocycles. The lowest BCUT2D eigenvalue weighted by Crippen LogP contribution is -2.47. The molecule has 1 aromatic rings. The van der Waals surface area contributed by atoms with Crippen molar-refractivity contribution in [3.05, 3.63) is 23.8 Å². The maximum Gasteiger partial charge on any atom is 0.231 e. The summed E-state index contributed by atoms with van der Waals surface area (Å²) in [5.41, 5.74) is 0.726. The zero-order valence-electron chi connectivity index (χ0n) is 14.8. The highest BCUT2D eigenvalue weighted by Gasteiger charge is 2.37. The van der Waals surface area contributed by atoms with Crippen molar-refractivity contribution in [1.29, 1.82) is 0 Å². The van der Waals surface area contributed by atoms with Crippen LogP contribution in [0.15, 0.2) is 18.2 Å². The lowest BCUT2D eigenvalue weighted by molar-refractivity contribution is -0.130. The molecule has 0 saturated carbocycles. The van der Waals surface area contributed by atoms with Crippen LogP contribution >= 0.6 is 0 Å². The largest absolute Gasteiger partial charge is 0.454 e. The van der Waals surface area contributed by atoms with Gasteiger partial charge in [0.15, 0.2) is 11.5 Å². The molecule has 3 rings (SSSR count). The Bertz CT molecular complexity index is 605. The molecule has 24 heavy (non-hydrogen) atoms. The van der Waals surface area contributed by atoms with Crippen LogP contribution < -0.4 is 14.8 Å². The van der Waals surface area contributed by atoms with Crippen molar-refractivity contribution >= 4 is 5.91 Å². The van der Waals surface area contributed by atoms with Gasteiger partial charge in [-0.15, -0.1) is 0 Å². The van der Waals surface area contributed by atoms with E-state index in [4.69, 9.17) is 14.2 Å². The van der Waals surface area contributed by atoms with Gasteiger partial charge in [-0.2, -0.15) is 0 Å². The van der Waals surface area contributed by atoms with Crippen LogP contribution in [0.5, 0.6) is 11.5 Å². The lowest BCUT2D eigenvalue weighted by atomic mass is 9.73. The van der Waals surface area contributed by atoms with E-state index in [1.54, 1.807) is 0 Å². The molecule has 0 spiro atoms. The minimum absolute atomic E-state index is 0.108. The number of nitrogens with one attached hydrogen (secondary N) is 1. The molecular formula is C19H27NO4. The normalized spacial score (nSPS) is 19.1. The number of benzene rings is 1. The van der Waals surface area contributed by atoms with Gasteiger partial charge in [0.2, 0.25) is 12.7 Å². The minimum Gasteiger partial charge on any atom is -0.454 e. The Hall–Kier alpha value is -1.75. The molecule has 0 radical (unpaired) electrons. The maximum atomic E-state index is 12.5. The third kappa shape index (κ3) is 3.22. The number of amides is 1. The molecule has 1 N–H and O–H groups in total. The molecule has 5 heteroatoms. The maximum absolute atomic E-state index is 12.5. The van der Waals surface area contributed by atoms with E-state index in [1.165, 1.54) is 5.56 Å². The summed E-state index contributed by atoms with van der Waals surface area (Å²) in [6, 6.07) is 6.12. The Balaban J connectivity index is 1.81. The van der Waals surface area contributed by atoms with E-state index >= 15 is 0 Å². The first kappa shape index (κ1) is 17.1. The van der Waals surface area contributed by atoms with Gasteiger partial charge >= 0.3 is 0 Å². The molecular weight excluding hydrogens is 306 g/mol. The summed E-state index contributed by atoms with van der Waals surface area (Å²) < 4.78 is 16.5. The SMILES string of the molecule is CCC(C)(C)C(=O)NCC1(c2ccc3c(c2)OCO3)CCOCC1. The Morgan fingerprint density at radius 2 is 1.92 bits per heavy atom. The van der Waals surface area contributed by atoms with Crippen molar-refractivity contribution in [2.45, 2.75) is 45.4 Å². The van der Waals surface area contributed by atoms with Crippen LogP contribution in [0.2, 0.25) is 0 Å². The number of carbonyl (C=O) groups excluding carboxylic acids is 1. The fourth-order valence-electron chi connectivity index (χ4n) is 3.21. The van der Waals surface area contributed by atoms with E-state index in [1.807, 2.05) is 26.8 Å². The van der Waals surface area contributed by atoms with Crippen LogP contribution in [0.4, 0.5) is 0 Å². The fraction of sp³-hybridized carbons (Fsp3) is 0.632. The number of hydrogen-bond donors (Lipinski definition) is 1. The molecule has 0 bridgehead atoms. The second kappa shape index (κ2) is 6.63. The molecule has 5 nitrogen and oxygen atoms in total. The first-order chi connectivity index (χ1) is 11.5. The van der Waals surface area contributed by atoms with E-state index in [2.05, 4.69) is 17.4 Å². The van der Waals surface area contributed by atoms with Crippen LogP contribution in [-0.4, -0.2) is 32.5 Å². The standard InChI is InChI=1S/C19H27NO4/c1-4-18(2,3)17(21)20-12-19(7-9-22-10-8-19)14-5-6-15-16(11-14)24-13-23-15/h5-6,11H,4,7-10,12-13H2,1-3H3,(H,20,21). The summed E-state index contributed by atoms with van der Waals surface area (Å²) in [6.07, 6.45) is 2.60. The Kier molecular flexibility index (Phi) is 4.72. The van der Waals surface area contributed by atoms with Crippen LogP contribution in [-0.2, 0) is 14.9 Å². The molecule has 1 fully saturated rings. The van der Waals surface area contributed by atoms with Gasteiger partial charge in [0.05, 0.1) is 0 Å². The minimum atomic E-state index is -0.346. The van der Waals surface area contributed by atoms with Crippen molar-refractivity contribution < 1.29 is 19.0 Å². The van der Waals surface area contributed by atoms with Crippen LogP contribution in [0.3, 0.4) is 0 Å². The van der Waals surface area contributed by atoms with Crippen molar-refractivity contribution in [1.82, 2.24) is 5.32 Å². The third-order valence-corrected chi connectivity index (χ3v) is 5.52. The second-order valence-corrected chi connectivity index (χ2v) is 7.38. The molecule has 1 saturated heterocycles. The van der Waals surface area contributed by atoms with E-state index in [0.717, 1.165) is 30.8 Å². The number of ether oxygens (including phenoxy) is 3. The molecule has 2 aliphatic heterocycles. The van der Waals surface area contributed by atoms with E-state index in [0.29, 0.717) is 19.8 Å². The molecule has 1 aromatic carbocycles. The number of rotatable bonds is 5. The predicted octanol–water partition coefficient (Wildman–Crippen LogP) is 3.02. The zero-order chi connectivity index (χ0) is 17.2. The summed E-state index contributed by atoms with van der Waals surface area (Å²) >= 11 is 0. The lowest BCUT2D eigenvalue weighted by Gasteiger charge is -2.38. The molecule has 0 atom stereocenters. The Labute approximate surface area is 143 Å². The highest BCUT2D eigenvalue weighted by atomic mass is 16.7. The third-order valence-electron chi connectivity index (χ3n) is 5.52. The fourth-order valence-corrected chi connectivity index (χ4v) is 3.21. The molecule has 0 unspecified atom stereocenters. The predicted molar refractivity (Wildman–Crippen MR) is 91.4 cm³/mol. The number of fused-ring (bicyclic) bond motifs is 1. The van der Waals surface area contributed by atoms with Crippen LogP contribution in [0, 0.1) is 5.41 Å². The monoisotopic (exact) mass is 333 g/mol. The van der Waals surface area contributed by atoms with Gasteiger partial charge in [-0.1, -0.05) is 26.8 Å². The summed E-state index contributed by atoms with van der Waals surface area (Å²) in [4.78, 5) is 12.5. The van der Waals surface area contributed by atoms with Gasteiger partial charge in [0.25, 0.3) is 0 Å². The Morgan fingerprint density at radius 1 is 1.21 bits per heavy atom. The molecule has 2 heterocycles. The topological polar surface area (TPSA) is 56.8 Å². The quantitative estimate of drug-likeness (QED) is 0.900. The van der Waals surface area contributed by atoms with Crippen molar-refractivity contribution in [2.24, 2.45) is 5.41 Å². The molecule has 0 aromatic heterocycles. The summed E-state index contributed by atoms with van der Waals surface area (Å²) in [7, 11) is 0. The Morgan fingerprint density at radius 3 is 2.62 bits per heavy atom. The summed E-state index contributed by atoms with van der Waals surface area (Å²) in [5, 5.41) is 3.18. The summed E-state index contributed by atoms with van der Waals surface area (Å²) in [5.74, 6) is 1.69. The second-order valence-electron chi connectivity index (χ2n) is 7.38. The van der Waals surface area contributed by atoms with Gasteiger partial charge in [0, 0.05) is 30.6 Å². The number of carbonyl (C=O) groups is 1. The molecule has 1 amide bonds. The van der Waals surface area contributed by atoms with Gasteiger partial charge in [0.1, 0.15) is 0 Å². The zero-order valence-corrected chi connectivity index (χ0v) is 14.8. The van der Waals surface area contributed by atoms with Gasteiger partial charge in [-0.05, 0) is 37.0 Å². The molecule has 2 aliphatic rings. The summed E-state index contributed by atoms with van der Waals surface area (Å²) in [6.45, 7) is 8.33. The van der Waals surface area contributed by atoms with E-state index < -0.39 is 0 Å². The van der Waals surface area contributed by atoms with Crippen LogP contribution in [0.1, 0.15) is 45.6 Å². The highest BCUT2D eigenvalue weighted by molar-refractivity contribution is 5.81. The van der Waals surface area contributed by atoms with E-state index in [-0.39, 0.29) is 23.5 Å².